The average molecular weight is 627 g/mol. The van der Waals surface area contributed by atoms with E-state index in [2.05, 4.69) is 59.3 Å². The summed E-state index contributed by atoms with van der Waals surface area (Å²) in [7, 11) is 2.02. The number of anilines is 1. The molecule has 1 N–H and O–H groups in total. The molecule has 0 radical (unpaired) electrons. The van der Waals surface area contributed by atoms with Crippen LogP contribution in [0, 0.1) is 17.5 Å². The lowest BCUT2D eigenvalue weighted by Gasteiger charge is -2.43. The van der Waals surface area contributed by atoms with Crippen LogP contribution in [0.25, 0.3) is 21.6 Å². The van der Waals surface area contributed by atoms with Crippen LogP contribution in [0.1, 0.15) is 96.8 Å². The molecule has 0 aromatic heterocycles. The summed E-state index contributed by atoms with van der Waals surface area (Å²) < 4.78 is 50.0. The minimum Gasteiger partial charge on any atom is -0.478 e. The van der Waals surface area contributed by atoms with Crippen molar-refractivity contribution in [1.29, 1.82) is 0 Å². The average Bonchev–Trinajstić information content (AvgIpc) is 3.00. The summed E-state index contributed by atoms with van der Waals surface area (Å²) in [6, 6.07) is 6.02. The number of carbonyl (C=O) groups is 1. The van der Waals surface area contributed by atoms with Crippen LogP contribution in [-0.2, 0) is 18.3 Å². The van der Waals surface area contributed by atoms with Gasteiger partial charge in [0.15, 0.2) is 11.6 Å². The monoisotopic (exact) mass is 626 g/mol. The van der Waals surface area contributed by atoms with Gasteiger partial charge in [0.25, 0.3) is 0 Å². The van der Waals surface area contributed by atoms with Crippen molar-refractivity contribution in [1.82, 2.24) is 4.58 Å². The molecule has 0 unspecified atom stereocenters. The molecule has 4 aliphatic rings. The second-order valence-electron chi connectivity index (χ2n) is 14.0. The third kappa shape index (κ3) is 3.95. The van der Waals surface area contributed by atoms with Gasteiger partial charge in [-0.05, 0) is 84.8 Å². The Morgan fingerprint density at radius 3 is 2.39 bits per heavy atom. The molecule has 0 bridgehead atoms. The number of allylic oxidation sites excluding steroid dienone is 1. The maximum absolute atomic E-state index is 16.7. The standard InChI is InChI=1S/C36H34F3N5O2/c1-17-16-35(2,3)43(6)24-15-23-21(14-20(17)24)25(26-27(34(45)46)29(37)31(39)32(30(26)38)41-42-40)22-13-18-9-7-11-44-12-8-10-19(33(18)44)28(22)36(23,4)5/h13-16H,7-12H2,1-6H3/p+1. The molecule has 1 aliphatic carbocycles. The van der Waals surface area contributed by atoms with Crippen LogP contribution in [0.3, 0.4) is 0 Å². The Labute approximate surface area is 264 Å². The highest BCUT2D eigenvalue weighted by Crippen LogP contribution is 2.49. The predicted molar refractivity (Wildman–Crippen MR) is 172 cm³/mol. The Balaban J connectivity index is 1.77. The SMILES string of the molecule is CC1=CC(C)(C)N(C)c2cc3c(cc21)C(c1c(F)c(N=[N+]=[N-])c(F)c(F)c1C(=O)O)=c1cc2c4c(c1C3(C)C)CCC[N+]=4CCC2. The van der Waals surface area contributed by atoms with Crippen molar-refractivity contribution in [2.45, 2.75) is 71.3 Å². The molecule has 46 heavy (non-hydrogen) atoms. The zero-order chi connectivity index (χ0) is 33.0. The molecule has 3 aromatic rings. The van der Waals surface area contributed by atoms with Crippen molar-refractivity contribution in [2.75, 3.05) is 25.0 Å². The highest BCUT2D eigenvalue weighted by Gasteiger charge is 2.43. The third-order valence-electron chi connectivity index (χ3n) is 10.6. The molecule has 0 saturated heterocycles. The molecule has 3 aliphatic heterocycles. The number of halogens is 3. The van der Waals surface area contributed by atoms with Crippen LogP contribution in [0.5, 0.6) is 0 Å². The van der Waals surface area contributed by atoms with E-state index >= 15 is 13.2 Å². The van der Waals surface area contributed by atoms with Crippen LogP contribution in [0.2, 0.25) is 0 Å². The Morgan fingerprint density at radius 2 is 1.72 bits per heavy atom. The quantitative estimate of drug-likeness (QED) is 0.116. The summed E-state index contributed by atoms with van der Waals surface area (Å²) >= 11 is 0. The number of nitrogens with zero attached hydrogens (tertiary/aromatic N) is 5. The number of rotatable bonds is 3. The first-order valence-electron chi connectivity index (χ1n) is 15.6. The van der Waals surface area contributed by atoms with Gasteiger partial charge < -0.3 is 10.0 Å². The van der Waals surface area contributed by atoms with E-state index in [0.29, 0.717) is 10.8 Å². The van der Waals surface area contributed by atoms with Gasteiger partial charge in [-0.3, -0.25) is 0 Å². The maximum atomic E-state index is 16.7. The fourth-order valence-corrected chi connectivity index (χ4v) is 8.46. The molecule has 10 heteroatoms. The summed E-state index contributed by atoms with van der Waals surface area (Å²) in [6.45, 7) is 12.4. The summed E-state index contributed by atoms with van der Waals surface area (Å²) in [5.74, 6) is -6.83. The van der Waals surface area contributed by atoms with Crippen molar-refractivity contribution >= 4 is 28.5 Å². The van der Waals surface area contributed by atoms with Crippen LogP contribution in [0.15, 0.2) is 29.4 Å². The van der Waals surface area contributed by atoms with E-state index in [0.717, 1.165) is 77.9 Å². The van der Waals surface area contributed by atoms with Crippen molar-refractivity contribution < 1.29 is 23.1 Å². The topological polar surface area (TPSA) is 92.3 Å². The predicted octanol–water partition coefficient (Wildman–Crippen LogP) is 6.65. The lowest BCUT2D eigenvalue weighted by Crippen LogP contribution is -2.49. The zero-order valence-corrected chi connectivity index (χ0v) is 26.8. The van der Waals surface area contributed by atoms with Gasteiger partial charge in [-0.15, -0.1) is 0 Å². The number of hydrogen-bond donors (Lipinski definition) is 1. The molecule has 0 fully saturated rings. The first kappa shape index (κ1) is 30.1. The first-order valence-corrected chi connectivity index (χ1v) is 15.6. The van der Waals surface area contributed by atoms with Crippen LogP contribution < -0.4 is 20.1 Å². The minimum atomic E-state index is -1.84. The van der Waals surface area contributed by atoms with Gasteiger partial charge in [-0.1, -0.05) is 25.0 Å². The zero-order valence-electron chi connectivity index (χ0n) is 26.8. The fraction of sp³-hybridized carbons (Fsp3) is 0.389. The number of fused-ring (bicyclic) bond motifs is 4. The molecule has 3 heterocycles. The molecule has 3 aromatic carbocycles. The molecular weight excluding hydrogens is 591 g/mol. The van der Waals surface area contributed by atoms with Gasteiger partial charge in [0, 0.05) is 63.7 Å². The van der Waals surface area contributed by atoms with E-state index < -0.39 is 45.7 Å². The summed E-state index contributed by atoms with van der Waals surface area (Å²) in [5.41, 5.74) is 12.8. The smallest absolute Gasteiger partial charge is 0.339 e. The Bertz CT molecular complexity index is 2160. The van der Waals surface area contributed by atoms with Crippen molar-refractivity contribution in [3.8, 4) is 0 Å². The van der Waals surface area contributed by atoms with Gasteiger partial charge in [0.2, 0.25) is 5.36 Å². The third-order valence-corrected chi connectivity index (χ3v) is 10.6. The second-order valence-corrected chi connectivity index (χ2v) is 14.0. The summed E-state index contributed by atoms with van der Waals surface area (Å²) in [5, 5.41) is 15.2. The number of benzene rings is 3. The van der Waals surface area contributed by atoms with Gasteiger partial charge in [0.05, 0.1) is 5.54 Å². The molecule has 7 nitrogen and oxygen atoms in total. The van der Waals surface area contributed by atoms with E-state index in [1.807, 2.05) is 26.1 Å². The number of likely N-dealkylation sites (N-methyl/N-ethyl adjacent to an activating group) is 1. The molecule has 0 saturated carbocycles. The molecule has 0 spiro atoms. The first-order chi connectivity index (χ1) is 21.7. The largest absolute Gasteiger partial charge is 0.478 e. The van der Waals surface area contributed by atoms with Crippen molar-refractivity contribution in [2.24, 2.45) is 5.11 Å². The van der Waals surface area contributed by atoms with Gasteiger partial charge in [-0.25, -0.2) is 22.5 Å². The number of carboxylic acid groups (broad SMARTS) is 1. The van der Waals surface area contributed by atoms with Crippen LogP contribution >= 0.6 is 0 Å². The Hall–Kier alpha value is -4.56. The summed E-state index contributed by atoms with van der Waals surface area (Å²) in [4.78, 5) is 17.4. The fourth-order valence-electron chi connectivity index (χ4n) is 8.46. The van der Waals surface area contributed by atoms with Crippen LogP contribution in [-0.4, -0.2) is 36.8 Å². The lowest BCUT2D eigenvalue weighted by molar-refractivity contribution is 0.0689. The normalized spacial score (nSPS) is 18.5. The van der Waals surface area contributed by atoms with E-state index in [1.54, 1.807) is 0 Å². The lowest BCUT2D eigenvalue weighted by atomic mass is 9.65. The number of azide groups is 1. The molecule has 0 atom stereocenters. The van der Waals surface area contributed by atoms with Gasteiger partial charge in [0.1, 0.15) is 30.2 Å². The number of aryl methyl sites for hydroxylation is 1. The van der Waals surface area contributed by atoms with Crippen LogP contribution in [0.4, 0.5) is 24.5 Å². The molecular formula is C36H35F3N5O2+. The van der Waals surface area contributed by atoms with E-state index in [4.69, 9.17) is 5.53 Å². The van der Waals surface area contributed by atoms with E-state index in [1.165, 1.54) is 5.36 Å². The Kier molecular flexibility index (Phi) is 6.53. The second kappa shape index (κ2) is 9.97. The molecule has 7 rings (SSSR count). The molecule has 236 valence electrons. The summed E-state index contributed by atoms with van der Waals surface area (Å²) in [6.07, 6.45) is 5.56. The minimum absolute atomic E-state index is 0.164. The van der Waals surface area contributed by atoms with Gasteiger partial charge in [-0.2, -0.15) is 0 Å². The van der Waals surface area contributed by atoms with Gasteiger partial charge >= 0.3 is 5.97 Å². The van der Waals surface area contributed by atoms with E-state index in [-0.39, 0.29) is 11.1 Å². The number of carboxylic acids is 1. The van der Waals surface area contributed by atoms with Crippen molar-refractivity contribution in [3.05, 3.63) is 107 Å². The highest BCUT2D eigenvalue weighted by molar-refractivity contribution is 6.00. The molecule has 0 amide bonds. The van der Waals surface area contributed by atoms with E-state index in [9.17, 15) is 9.90 Å². The number of aromatic carboxylic acids is 1. The highest BCUT2D eigenvalue weighted by atomic mass is 19.2. The number of hydrogen-bond acceptors (Lipinski definition) is 3. The van der Waals surface area contributed by atoms with Crippen molar-refractivity contribution in [3.63, 3.8) is 0 Å². The Morgan fingerprint density at radius 1 is 1.02 bits per heavy atom. The maximum Gasteiger partial charge on any atom is 0.339 e.